The topological polar surface area (TPSA) is 75.3 Å². The summed E-state index contributed by atoms with van der Waals surface area (Å²) in [4.78, 5) is 12.2. The van der Waals surface area contributed by atoms with Gasteiger partial charge in [0.05, 0.1) is 11.9 Å². The molecule has 0 unspecified atom stereocenters. The van der Waals surface area contributed by atoms with Crippen molar-refractivity contribution in [2.24, 2.45) is 0 Å². The number of hydrogen-bond donors (Lipinski definition) is 2. The van der Waals surface area contributed by atoms with Crippen molar-refractivity contribution in [2.45, 2.75) is 19.8 Å². The summed E-state index contributed by atoms with van der Waals surface area (Å²) >= 11 is 0. The van der Waals surface area contributed by atoms with Crippen molar-refractivity contribution < 1.29 is 17.6 Å². The van der Waals surface area contributed by atoms with Crippen LogP contribution in [-0.2, 0) is 16.4 Å². The number of aryl methyl sites for hydroxylation is 2. The van der Waals surface area contributed by atoms with Crippen LogP contribution in [0.25, 0.3) is 0 Å². The first-order chi connectivity index (χ1) is 11.7. The van der Waals surface area contributed by atoms with E-state index in [2.05, 4.69) is 10.0 Å². The monoisotopic (exact) mass is 364 g/mol. The van der Waals surface area contributed by atoms with Crippen LogP contribution in [0.1, 0.15) is 27.9 Å². The highest BCUT2D eigenvalue weighted by Crippen LogP contribution is 2.18. The molecule has 0 aliphatic rings. The third-order valence-electron chi connectivity index (χ3n) is 3.64. The van der Waals surface area contributed by atoms with E-state index in [4.69, 9.17) is 0 Å². The maximum absolute atomic E-state index is 12.8. The van der Waals surface area contributed by atoms with Gasteiger partial charge in [-0.05, 0) is 55.2 Å². The molecule has 0 saturated carbocycles. The molecule has 7 heteroatoms. The second kappa shape index (κ2) is 8.11. The molecule has 0 radical (unpaired) electrons. The van der Waals surface area contributed by atoms with E-state index in [1.54, 1.807) is 31.2 Å². The number of carbonyl (C=O) groups is 1. The maximum Gasteiger partial charge on any atom is 0.251 e. The predicted octanol–water partition coefficient (Wildman–Crippen LogP) is 2.87. The van der Waals surface area contributed by atoms with E-state index in [1.165, 1.54) is 18.2 Å². The number of sulfonamides is 1. The second-order valence-electron chi connectivity index (χ2n) is 5.89. The minimum Gasteiger partial charge on any atom is -0.352 e. The molecule has 2 aromatic carbocycles. The lowest BCUT2D eigenvalue weighted by Gasteiger charge is -2.10. The molecule has 0 spiro atoms. The number of rotatable bonds is 7. The first kappa shape index (κ1) is 18.9. The van der Waals surface area contributed by atoms with Crippen LogP contribution in [-0.4, -0.2) is 27.1 Å². The van der Waals surface area contributed by atoms with Gasteiger partial charge in [0.1, 0.15) is 5.82 Å². The highest BCUT2D eigenvalue weighted by atomic mass is 32.2. The largest absolute Gasteiger partial charge is 0.352 e. The van der Waals surface area contributed by atoms with Gasteiger partial charge in [0.2, 0.25) is 10.0 Å². The molecule has 25 heavy (non-hydrogen) atoms. The van der Waals surface area contributed by atoms with Crippen molar-refractivity contribution >= 4 is 21.6 Å². The maximum atomic E-state index is 12.8. The van der Waals surface area contributed by atoms with Gasteiger partial charge >= 0.3 is 0 Å². The van der Waals surface area contributed by atoms with Crippen LogP contribution in [0.5, 0.6) is 0 Å². The number of amides is 1. The summed E-state index contributed by atoms with van der Waals surface area (Å²) in [6, 6.07) is 11.1. The van der Waals surface area contributed by atoms with Gasteiger partial charge in [0, 0.05) is 12.1 Å². The molecule has 1 amide bonds. The van der Waals surface area contributed by atoms with E-state index >= 15 is 0 Å². The Morgan fingerprint density at radius 3 is 2.44 bits per heavy atom. The summed E-state index contributed by atoms with van der Waals surface area (Å²) in [5.74, 6) is -0.536. The van der Waals surface area contributed by atoms with Crippen LogP contribution in [0.2, 0.25) is 0 Å². The van der Waals surface area contributed by atoms with E-state index in [1.807, 2.05) is 0 Å². The third-order valence-corrected chi connectivity index (χ3v) is 4.23. The fourth-order valence-electron chi connectivity index (χ4n) is 2.32. The van der Waals surface area contributed by atoms with Crippen molar-refractivity contribution in [1.82, 2.24) is 5.32 Å². The van der Waals surface area contributed by atoms with Gasteiger partial charge in [-0.25, -0.2) is 12.8 Å². The van der Waals surface area contributed by atoms with Gasteiger partial charge in [-0.15, -0.1) is 0 Å². The molecule has 0 heterocycles. The Morgan fingerprint density at radius 2 is 1.80 bits per heavy atom. The molecule has 5 nitrogen and oxygen atoms in total. The smallest absolute Gasteiger partial charge is 0.251 e. The van der Waals surface area contributed by atoms with Gasteiger partial charge in [-0.2, -0.15) is 0 Å². The van der Waals surface area contributed by atoms with Gasteiger partial charge in [0.25, 0.3) is 5.91 Å². The minimum absolute atomic E-state index is 0.268. The normalized spacial score (nSPS) is 11.2. The molecule has 0 aliphatic carbocycles. The highest BCUT2D eigenvalue weighted by Gasteiger charge is 2.10. The SMILES string of the molecule is Cc1ccc(C(=O)NCCCc2ccc(F)cc2)cc1NS(C)(=O)=O. The van der Waals surface area contributed by atoms with Gasteiger partial charge in [-0.1, -0.05) is 18.2 Å². The molecule has 2 N–H and O–H groups in total. The van der Waals surface area contributed by atoms with Crippen LogP contribution >= 0.6 is 0 Å². The lowest BCUT2D eigenvalue weighted by Crippen LogP contribution is -2.25. The molecule has 0 atom stereocenters. The summed E-state index contributed by atoms with van der Waals surface area (Å²) in [5.41, 5.74) is 2.52. The summed E-state index contributed by atoms with van der Waals surface area (Å²) in [6.45, 7) is 2.23. The number of benzene rings is 2. The van der Waals surface area contributed by atoms with Crippen LogP contribution < -0.4 is 10.0 Å². The molecular weight excluding hydrogens is 343 g/mol. The van der Waals surface area contributed by atoms with E-state index in [9.17, 15) is 17.6 Å². The Hall–Kier alpha value is -2.41. The van der Waals surface area contributed by atoms with Crippen molar-refractivity contribution in [1.29, 1.82) is 0 Å². The minimum atomic E-state index is -3.41. The summed E-state index contributed by atoms with van der Waals surface area (Å²) in [6.07, 6.45) is 2.52. The molecule has 0 saturated heterocycles. The number of nitrogens with one attached hydrogen (secondary N) is 2. The van der Waals surface area contributed by atoms with E-state index in [-0.39, 0.29) is 11.7 Å². The summed E-state index contributed by atoms with van der Waals surface area (Å²) in [7, 11) is -3.41. The number of anilines is 1. The average Bonchev–Trinajstić information content (AvgIpc) is 2.54. The molecule has 0 aromatic heterocycles. The van der Waals surface area contributed by atoms with E-state index in [0.717, 1.165) is 30.2 Å². The Kier molecular flexibility index (Phi) is 6.14. The zero-order chi connectivity index (χ0) is 18.4. The molecule has 2 aromatic rings. The van der Waals surface area contributed by atoms with Crippen LogP contribution in [0.3, 0.4) is 0 Å². The summed E-state index contributed by atoms with van der Waals surface area (Å²) < 4.78 is 38.0. The third kappa shape index (κ3) is 6.19. The summed E-state index contributed by atoms with van der Waals surface area (Å²) in [5, 5.41) is 2.80. The van der Waals surface area contributed by atoms with Crippen LogP contribution in [0.4, 0.5) is 10.1 Å². The van der Waals surface area contributed by atoms with Crippen molar-refractivity contribution in [3.8, 4) is 0 Å². The standard InChI is InChI=1S/C18H21FN2O3S/c1-13-5-8-15(12-17(13)21-25(2,23)24)18(22)20-11-3-4-14-6-9-16(19)10-7-14/h5-10,12,21H,3-4,11H2,1-2H3,(H,20,22). The van der Waals surface area contributed by atoms with Crippen molar-refractivity contribution in [2.75, 3.05) is 17.5 Å². The molecular formula is C18H21FN2O3S. The number of hydrogen-bond acceptors (Lipinski definition) is 3. The highest BCUT2D eigenvalue weighted by molar-refractivity contribution is 7.92. The lowest BCUT2D eigenvalue weighted by atomic mass is 10.1. The van der Waals surface area contributed by atoms with E-state index < -0.39 is 10.0 Å². The van der Waals surface area contributed by atoms with Gasteiger partial charge in [-0.3, -0.25) is 9.52 Å². The fourth-order valence-corrected chi connectivity index (χ4v) is 2.94. The van der Waals surface area contributed by atoms with Crippen LogP contribution in [0.15, 0.2) is 42.5 Å². The quantitative estimate of drug-likeness (QED) is 0.742. The second-order valence-corrected chi connectivity index (χ2v) is 7.64. The lowest BCUT2D eigenvalue weighted by molar-refractivity contribution is 0.0953. The van der Waals surface area contributed by atoms with Crippen LogP contribution in [0, 0.1) is 12.7 Å². The van der Waals surface area contributed by atoms with Gasteiger partial charge in [0.15, 0.2) is 0 Å². The van der Waals surface area contributed by atoms with E-state index in [0.29, 0.717) is 17.8 Å². The van der Waals surface area contributed by atoms with Crippen molar-refractivity contribution in [3.63, 3.8) is 0 Å². The molecule has 0 fully saturated rings. The predicted molar refractivity (Wildman–Crippen MR) is 96.7 cm³/mol. The van der Waals surface area contributed by atoms with Crippen molar-refractivity contribution in [3.05, 3.63) is 65.0 Å². The Morgan fingerprint density at radius 1 is 1.12 bits per heavy atom. The molecule has 0 bridgehead atoms. The number of halogens is 1. The zero-order valence-corrected chi connectivity index (χ0v) is 15.0. The molecule has 134 valence electrons. The fraction of sp³-hybridized carbons (Fsp3) is 0.278. The molecule has 0 aliphatic heterocycles. The Labute approximate surface area is 147 Å². The Balaban J connectivity index is 1.90. The first-order valence-corrected chi connectivity index (χ1v) is 9.75. The zero-order valence-electron chi connectivity index (χ0n) is 14.2. The first-order valence-electron chi connectivity index (χ1n) is 7.86. The Bertz CT molecular complexity index is 849. The number of carbonyl (C=O) groups excluding carboxylic acids is 1. The average molecular weight is 364 g/mol. The van der Waals surface area contributed by atoms with Gasteiger partial charge < -0.3 is 5.32 Å². The molecule has 2 rings (SSSR count).